The summed E-state index contributed by atoms with van der Waals surface area (Å²) in [5.41, 5.74) is 1.68. The molecule has 7 heteroatoms. The third-order valence-electron chi connectivity index (χ3n) is 4.73. The molecule has 0 aromatic carbocycles. The molecule has 0 bridgehead atoms. The lowest BCUT2D eigenvalue weighted by atomic mass is 9.86. The topological polar surface area (TPSA) is 75.1 Å². The van der Waals surface area contributed by atoms with Crippen molar-refractivity contribution in [2.45, 2.75) is 19.8 Å². The summed E-state index contributed by atoms with van der Waals surface area (Å²) in [5, 5.41) is 8.40. The second kappa shape index (κ2) is 5.26. The Balaban J connectivity index is 1.52. The first-order valence-corrected chi connectivity index (χ1v) is 7.76. The predicted octanol–water partition coefficient (Wildman–Crippen LogP) is 1.21. The molecule has 1 atom stereocenters. The van der Waals surface area contributed by atoms with Crippen molar-refractivity contribution in [1.82, 2.24) is 20.2 Å². The van der Waals surface area contributed by atoms with Gasteiger partial charge >= 0.3 is 0 Å². The van der Waals surface area contributed by atoms with E-state index in [1.54, 1.807) is 12.4 Å². The van der Waals surface area contributed by atoms with Gasteiger partial charge in [0.05, 0.1) is 23.8 Å². The van der Waals surface area contributed by atoms with Crippen LogP contribution in [0.5, 0.6) is 0 Å². The third-order valence-corrected chi connectivity index (χ3v) is 4.73. The third kappa shape index (κ3) is 2.52. The van der Waals surface area contributed by atoms with Gasteiger partial charge < -0.3 is 9.80 Å². The highest BCUT2D eigenvalue weighted by molar-refractivity contribution is 5.96. The normalized spacial score (nSPS) is 24.0. The average molecular weight is 310 g/mol. The van der Waals surface area contributed by atoms with Gasteiger partial charge in [0.2, 0.25) is 5.91 Å². The van der Waals surface area contributed by atoms with Crippen molar-refractivity contribution in [1.29, 1.82) is 0 Å². The van der Waals surface area contributed by atoms with E-state index in [9.17, 15) is 4.79 Å². The van der Waals surface area contributed by atoms with Crippen molar-refractivity contribution in [3.63, 3.8) is 0 Å². The molecule has 1 unspecified atom stereocenters. The molecule has 1 spiro atoms. The zero-order chi connectivity index (χ0) is 15.9. The van der Waals surface area contributed by atoms with Gasteiger partial charge in [-0.2, -0.15) is 5.10 Å². The summed E-state index contributed by atoms with van der Waals surface area (Å²) in [7, 11) is 0. The fraction of sp³-hybridized carbons (Fsp3) is 0.438. The molecule has 2 fully saturated rings. The Hall–Kier alpha value is -2.57. The number of hydrogen-bond acceptors (Lipinski definition) is 6. The zero-order valence-electron chi connectivity index (χ0n) is 13.0. The average Bonchev–Trinajstić information content (AvgIpc) is 3.12. The van der Waals surface area contributed by atoms with Crippen LogP contribution in [0.3, 0.4) is 0 Å². The van der Waals surface area contributed by atoms with E-state index in [2.05, 4.69) is 25.1 Å². The molecule has 0 N–H and O–H groups in total. The van der Waals surface area contributed by atoms with Crippen LogP contribution in [0.1, 0.15) is 18.5 Å². The van der Waals surface area contributed by atoms with Crippen molar-refractivity contribution in [2.24, 2.45) is 5.41 Å². The molecule has 2 aliphatic heterocycles. The van der Waals surface area contributed by atoms with Crippen molar-refractivity contribution < 1.29 is 4.79 Å². The summed E-state index contributed by atoms with van der Waals surface area (Å²) in [6.45, 7) is 4.39. The maximum absolute atomic E-state index is 12.4. The van der Waals surface area contributed by atoms with E-state index in [-0.39, 0.29) is 11.3 Å². The second-order valence-corrected chi connectivity index (χ2v) is 6.46. The Kier molecular flexibility index (Phi) is 3.21. The fourth-order valence-electron chi connectivity index (χ4n) is 3.53. The summed E-state index contributed by atoms with van der Waals surface area (Å²) in [4.78, 5) is 24.5. The summed E-state index contributed by atoms with van der Waals surface area (Å²) in [6.07, 6.45) is 6.42. The van der Waals surface area contributed by atoms with Crippen LogP contribution >= 0.6 is 0 Å². The quantitative estimate of drug-likeness (QED) is 0.830. The van der Waals surface area contributed by atoms with Crippen LogP contribution in [0, 0.1) is 12.3 Å². The van der Waals surface area contributed by atoms with Crippen molar-refractivity contribution in [2.75, 3.05) is 29.4 Å². The molecule has 2 aliphatic rings. The van der Waals surface area contributed by atoms with Crippen LogP contribution in [-0.2, 0) is 4.79 Å². The summed E-state index contributed by atoms with van der Waals surface area (Å²) >= 11 is 0. The first-order valence-electron chi connectivity index (χ1n) is 7.76. The Bertz CT molecular complexity index is 719. The molecule has 0 saturated carbocycles. The highest BCUT2D eigenvalue weighted by atomic mass is 16.2. The van der Waals surface area contributed by atoms with Gasteiger partial charge in [-0.3, -0.25) is 4.79 Å². The second-order valence-electron chi connectivity index (χ2n) is 6.46. The first-order chi connectivity index (χ1) is 11.2. The maximum atomic E-state index is 12.4. The number of aryl methyl sites for hydroxylation is 1. The van der Waals surface area contributed by atoms with Crippen LogP contribution < -0.4 is 9.80 Å². The monoisotopic (exact) mass is 310 g/mol. The highest BCUT2D eigenvalue weighted by Gasteiger charge is 2.48. The van der Waals surface area contributed by atoms with Gasteiger partial charge in [0.25, 0.3) is 0 Å². The number of rotatable bonds is 2. The van der Waals surface area contributed by atoms with E-state index in [4.69, 9.17) is 0 Å². The number of amides is 1. The van der Waals surface area contributed by atoms with Crippen molar-refractivity contribution in [3.8, 4) is 0 Å². The lowest BCUT2D eigenvalue weighted by Crippen LogP contribution is -2.31. The van der Waals surface area contributed by atoms with Gasteiger partial charge in [-0.05, 0) is 25.5 Å². The van der Waals surface area contributed by atoms with Gasteiger partial charge in [-0.15, -0.1) is 5.10 Å². The molecule has 4 rings (SSSR count). The number of hydrogen-bond donors (Lipinski definition) is 0. The van der Waals surface area contributed by atoms with Crippen LogP contribution in [0.2, 0.25) is 0 Å². The highest BCUT2D eigenvalue weighted by Crippen LogP contribution is 2.42. The lowest BCUT2D eigenvalue weighted by Gasteiger charge is -2.24. The minimum Gasteiger partial charge on any atom is -0.354 e. The first kappa shape index (κ1) is 14.0. The van der Waals surface area contributed by atoms with E-state index in [0.717, 1.165) is 43.3 Å². The molecule has 23 heavy (non-hydrogen) atoms. The maximum Gasteiger partial charge on any atom is 0.227 e. The smallest absolute Gasteiger partial charge is 0.227 e. The minimum atomic E-state index is -0.0144. The fourth-order valence-corrected chi connectivity index (χ4v) is 3.53. The van der Waals surface area contributed by atoms with E-state index in [1.807, 2.05) is 24.0 Å². The number of aromatic nitrogens is 4. The number of carbonyl (C=O) groups excluding carboxylic acids is 1. The van der Waals surface area contributed by atoms with Gasteiger partial charge in [0.1, 0.15) is 6.33 Å². The number of carbonyl (C=O) groups is 1. The predicted molar refractivity (Wildman–Crippen MR) is 85.0 cm³/mol. The van der Waals surface area contributed by atoms with Crippen LogP contribution in [0.15, 0.2) is 30.9 Å². The van der Waals surface area contributed by atoms with Crippen LogP contribution in [-0.4, -0.2) is 45.7 Å². The van der Waals surface area contributed by atoms with Crippen molar-refractivity contribution in [3.05, 3.63) is 36.5 Å². The van der Waals surface area contributed by atoms with Crippen LogP contribution in [0.25, 0.3) is 0 Å². The van der Waals surface area contributed by atoms with E-state index in [0.29, 0.717) is 6.42 Å². The van der Waals surface area contributed by atoms with Gasteiger partial charge in [0, 0.05) is 31.5 Å². The number of anilines is 2. The Morgan fingerprint density at radius 1 is 1.13 bits per heavy atom. The van der Waals surface area contributed by atoms with E-state index < -0.39 is 0 Å². The zero-order valence-corrected chi connectivity index (χ0v) is 13.0. The molecule has 0 aliphatic carbocycles. The standard InChI is InChI=1S/C16H18N6O/c1-12-2-3-14(20-19-12)21-5-4-16(9-21)6-15(23)22(10-16)13-7-17-11-18-8-13/h2-3,7-8,11H,4-6,9-10H2,1H3. The van der Waals surface area contributed by atoms with Crippen molar-refractivity contribution >= 4 is 17.4 Å². The van der Waals surface area contributed by atoms with E-state index >= 15 is 0 Å². The molecule has 2 saturated heterocycles. The lowest BCUT2D eigenvalue weighted by molar-refractivity contribution is -0.117. The molecule has 118 valence electrons. The Morgan fingerprint density at radius 3 is 2.70 bits per heavy atom. The SMILES string of the molecule is Cc1ccc(N2CCC3(CC(=O)N(c4cncnc4)C3)C2)nn1. The number of nitrogens with zero attached hydrogens (tertiary/aromatic N) is 6. The molecule has 1 amide bonds. The van der Waals surface area contributed by atoms with Crippen LogP contribution in [0.4, 0.5) is 11.5 Å². The minimum absolute atomic E-state index is 0.0144. The Labute approximate surface area is 134 Å². The summed E-state index contributed by atoms with van der Waals surface area (Å²) < 4.78 is 0. The largest absolute Gasteiger partial charge is 0.354 e. The van der Waals surface area contributed by atoms with Gasteiger partial charge in [-0.1, -0.05) is 0 Å². The Morgan fingerprint density at radius 2 is 1.96 bits per heavy atom. The molecule has 7 nitrogen and oxygen atoms in total. The molecular weight excluding hydrogens is 292 g/mol. The van der Waals surface area contributed by atoms with Gasteiger partial charge in [-0.25, -0.2) is 9.97 Å². The molecule has 2 aromatic heterocycles. The molecule has 0 radical (unpaired) electrons. The molecular formula is C16H18N6O. The van der Waals surface area contributed by atoms with E-state index in [1.165, 1.54) is 6.33 Å². The molecule has 2 aromatic rings. The van der Waals surface area contributed by atoms with Gasteiger partial charge in [0.15, 0.2) is 5.82 Å². The molecule has 4 heterocycles. The summed E-state index contributed by atoms with van der Waals surface area (Å²) in [5.74, 6) is 1.04. The summed E-state index contributed by atoms with van der Waals surface area (Å²) in [6, 6.07) is 3.97.